The summed E-state index contributed by atoms with van der Waals surface area (Å²) in [6, 6.07) is 17.4. The van der Waals surface area contributed by atoms with Crippen LogP contribution in [-0.2, 0) is 4.79 Å². The Balaban J connectivity index is 2.22. The lowest BCUT2D eigenvalue weighted by Crippen LogP contribution is -2.35. The quantitative estimate of drug-likeness (QED) is 0.925. The lowest BCUT2D eigenvalue weighted by molar-refractivity contribution is -0.119. The first-order valence-electron chi connectivity index (χ1n) is 6.21. The number of nitrogens with zero attached hydrogens (tertiary/aromatic N) is 2. The Hall–Kier alpha value is -2.64. The van der Waals surface area contributed by atoms with E-state index >= 15 is 0 Å². The van der Waals surface area contributed by atoms with E-state index in [1.54, 1.807) is 31.3 Å². The molecule has 0 heterocycles. The van der Waals surface area contributed by atoms with Crippen molar-refractivity contribution in [3.05, 3.63) is 65.7 Å². The standard InChI is InChI=1S/C16H15N3O/c1-19(14-9-5-6-12(10-14)11-17)16(20)15(18)13-7-3-2-4-8-13/h2-10,15H,18H2,1H3. The Morgan fingerprint density at radius 3 is 2.55 bits per heavy atom. The van der Waals surface area contributed by atoms with Crippen molar-refractivity contribution in [2.75, 3.05) is 11.9 Å². The maximum Gasteiger partial charge on any atom is 0.248 e. The molecule has 0 spiro atoms. The summed E-state index contributed by atoms with van der Waals surface area (Å²) in [5.74, 6) is -0.216. The van der Waals surface area contributed by atoms with E-state index in [0.29, 0.717) is 11.3 Å². The second-order valence-electron chi connectivity index (χ2n) is 4.45. The number of nitriles is 1. The molecule has 2 aromatic carbocycles. The smallest absolute Gasteiger partial charge is 0.248 e. The molecule has 0 aliphatic rings. The molecule has 2 aromatic rings. The summed E-state index contributed by atoms with van der Waals surface area (Å²) in [7, 11) is 1.65. The van der Waals surface area contributed by atoms with Gasteiger partial charge >= 0.3 is 0 Å². The second kappa shape index (κ2) is 6.00. The molecule has 20 heavy (non-hydrogen) atoms. The van der Waals surface area contributed by atoms with Crippen LogP contribution in [0.25, 0.3) is 0 Å². The van der Waals surface area contributed by atoms with Crippen LogP contribution in [0.3, 0.4) is 0 Å². The van der Waals surface area contributed by atoms with Gasteiger partial charge in [-0.2, -0.15) is 5.26 Å². The van der Waals surface area contributed by atoms with E-state index in [1.165, 1.54) is 4.90 Å². The largest absolute Gasteiger partial charge is 0.316 e. The SMILES string of the molecule is CN(C(=O)C(N)c1ccccc1)c1cccc(C#N)c1. The number of hydrogen-bond acceptors (Lipinski definition) is 3. The molecule has 1 unspecified atom stereocenters. The molecule has 100 valence electrons. The Morgan fingerprint density at radius 1 is 1.20 bits per heavy atom. The maximum absolute atomic E-state index is 12.4. The van der Waals surface area contributed by atoms with E-state index < -0.39 is 6.04 Å². The van der Waals surface area contributed by atoms with Crippen LogP contribution >= 0.6 is 0 Å². The minimum Gasteiger partial charge on any atom is -0.316 e. The van der Waals surface area contributed by atoms with Crippen LogP contribution in [0.15, 0.2) is 54.6 Å². The monoisotopic (exact) mass is 265 g/mol. The number of carbonyl (C=O) groups is 1. The molecule has 0 aromatic heterocycles. The Kier molecular flexibility index (Phi) is 4.14. The van der Waals surface area contributed by atoms with Crippen molar-refractivity contribution >= 4 is 11.6 Å². The van der Waals surface area contributed by atoms with Gasteiger partial charge < -0.3 is 10.6 Å². The average molecular weight is 265 g/mol. The number of amides is 1. The highest BCUT2D eigenvalue weighted by molar-refractivity contribution is 5.97. The number of nitrogens with two attached hydrogens (primary N) is 1. The van der Waals surface area contributed by atoms with Gasteiger partial charge in [0, 0.05) is 12.7 Å². The summed E-state index contributed by atoms with van der Waals surface area (Å²) in [6.07, 6.45) is 0. The summed E-state index contributed by atoms with van der Waals surface area (Å²) in [6.45, 7) is 0. The van der Waals surface area contributed by atoms with E-state index in [0.717, 1.165) is 5.56 Å². The van der Waals surface area contributed by atoms with E-state index in [2.05, 4.69) is 6.07 Å². The van der Waals surface area contributed by atoms with Crippen LogP contribution in [0.1, 0.15) is 17.2 Å². The third kappa shape index (κ3) is 2.85. The van der Waals surface area contributed by atoms with Crippen molar-refractivity contribution < 1.29 is 4.79 Å². The van der Waals surface area contributed by atoms with Crippen molar-refractivity contribution in [2.24, 2.45) is 5.73 Å². The summed E-state index contributed by atoms with van der Waals surface area (Å²) in [5.41, 5.74) is 7.92. The van der Waals surface area contributed by atoms with Crippen LogP contribution in [-0.4, -0.2) is 13.0 Å². The molecule has 0 fully saturated rings. The van der Waals surface area contributed by atoms with Gasteiger partial charge in [-0.1, -0.05) is 36.4 Å². The molecule has 0 aliphatic carbocycles. The molecule has 1 atom stereocenters. The average Bonchev–Trinajstić information content (AvgIpc) is 2.53. The third-order valence-electron chi connectivity index (χ3n) is 3.12. The van der Waals surface area contributed by atoms with Gasteiger partial charge in [0.15, 0.2) is 0 Å². The second-order valence-corrected chi connectivity index (χ2v) is 4.45. The first kappa shape index (κ1) is 13.8. The van der Waals surface area contributed by atoms with E-state index in [9.17, 15) is 4.79 Å². The molecule has 4 nitrogen and oxygen atoms in total. The summed E-state index contributed by atoms with van der Waals surface area (Å²) < 4.78 is 0. The van der Waals surface area contributed by atoms with E-state index in [4.69, 9.17) is 11.0 Å². The van der Waals surface area contributed by atoms with Gasteiger partial charge in [-0.15, -0.1) is 0 Å². The number of carbonyl (C=O) groups excluding carboxylic acids is 1. The lowest BCUT2D eigenvalue weighted by Gasteiger charge is -2.21. The molecule has 2 rings (SSSR count). The van der Waals surface area contributed by atoms with E-state index in [-0.39, 0.29) is 5.91 Å². The zero-order valence-corrected chi connectivity index (χ0v) is 11.2. The van der Waals surface area contributed by atoms with Gasteiger partial charge in [0.1, 0.15) is 6.04 Å². The molecule has 0 saturated heterocycles. The van der Waals surface area contributed by atoms with E-state index in [1.807, 2.05) is 30.3 Å². The molecule has 0 aliphatic heterocycles. The number of likely N-dealkylation sites (N-methyl/N-ethyl adjacent to an activating group) is 1. The van der Waals surface area contributed by atoms with Crippen LogP contribution in [0, 0.1) is 11.3 Å². The van der Waals surface area contributed by atoms with Crippen LogP contribution in [0.4, 0.5) is 5.69 Å². The predicted molar refractivity (Wildman–Crippen MR) is 77.9 cm³/mol. The van der Waals surface area contributed by atoms with Gasteiger partial charge in [0.05, 0.1) is 11.6 Å². The first-order valence-corrected chi connectivity index (χ1v) is 6.21. The topological polar surface area (TPSA) is 70.1 Å². The van der Waals surface area contributed by atoms with Crippen molar-refractivity contribution in [3.8, 4) is 6.07 Å². The normalized spacial score (nSPS) is 11.4. The number of anilines is 1. The third-order valence-corrected chi connectivity index (χ3v) is 3.12. The fourth-order valence-electron chi connectivity index (χ4n) is 1.92. The highest BCUT2D eigenvalue weighted by Gasteiger charge is 2.20. The Bertz CT molecular complexity index is 646. The van der Waals surface area contributed by atoms with Gasteiger partial charge in [-0.3, -0.25) is 4.79 Å². The molecule has 4 heteroatoms. The lowest BCUT2D eigenvalue weighted by atomic mass is 10.1. The van der Waals surface area contributed by atoms with Crippen molar-refractivity contribution in [3.63, 3.8) is 0 Å². The molecule has 1 amide bonds. The zero-order valence-electron chi connectivity index (χ0n) is 11.2. The summed E-state index contributed by atoms with van der Waals surface area (Å²) >= 11 is 0. The summed E-state index contributed by atoms with van der Waals surface area (Å²) in [5, 5.41) is 8.89. The van der Waals surface area contributed by atoms with Crippen molar-refractivity contribution in [1.29, 1.82) is 5.26 Å². The summed E-state index contributed by atoms with van der Waals surface area (Å²) in [4.78, 5) is 13.8. The Labute approximate surface area is 118 Å². The van der Waals surface area contributed by atoms with Gasteiger partial charge in [0.2, 0.25) is 5.91 Å². The minimum atomic E-state index is -0.716. The highest BCUT2D eigenvalue weighted by Crippen LogP contribution is 2.19. The minimum absolute atomic E-state index is 0.216. The molecular formula is C16H15N3O. The molecule has 0 bridgehead atoms. The highest BCUT2D eigenvalue weighted by atomic mass is 16.2. The molecule has 0 saturated carbocycles. The van der Waals surface area contributed by atoms with Crippen LogP contribution in [0.2, 0.25) is 0 Å². The van der Waals surface area contributed by atoms with Crippen molar-refractivity contribution in [2.45, 2.75) is 6.04 Å². The molecular weight excluding hydrogens is 250 g/mol. The first-order chi connectivity index (χ1) is 9.63. The fourth-order valence-corrected chi connectivity index (χ4v) is 1.92. The fraction of sp³-hybridized carbons (Fsp3) is 0.125. The number of benzene rings is 2. The molecule has 2 N–H and O–H groups in total. The predicted octanol–water partition coefficient (Wildman–Crippen LogP) is 2.22. The van der Waals surface area contributed by atoms with Gasteiger partial charge in [0.25, 0.3) is 0 Å². The zero-order chi connectivity index (χ0) is 14.5. The molecule has 0 radical (unpaired) electrons. The van der Waals surface area contributed by atoms with Crippen LogP contribution < -0.4 is 10.6 Å². The van der Waals surface area contributed by atoms with Crippen molar-refractivity contribution in [1.82, 2.24) is 0 Å². The Morgan fingerprint density at radius 2 is 1.90 bits per heavy atom. The van der Waals surface area contributed by atoms with Crippen LogP contribution in [0.5, 0.6) is 0 Å². The van der Waals surface area contributed by atoms with Gasteiger partial charge in [-0.05, 0) is 23.8 Å². The number of rotatable bonds is 3. The maximum atomic E-state index is 12.4. The van der Waals surface area contributed by atoms with Gasteiger partial charge in [-0.25, -0.2) is 0 Å². The number of hydrogen-bond donors (Lipinski definition) is 1.